The lowest BCUT2D eigenvalue weighted by Crippen LogP contribution is -2.03. The number of hydrogen-bond acceptors (Lipinski definition) is 4. The zero-order valence-electron chi connectivity index (χ0n) is 12.9. The number of halogens is 1. The number of pyridine rings is 1. The van der Waals surface area contributed by atoms with Crippen LogP contribution in [0.25, 0.3) is 10.9 Å². The molecule has 5 heteroatoms. The Morgan fingerprint density at radius 2 is 1.86 bits per heavy atom. The van der Waals surface area contributed by atoms with E-state index < -0.39 is 0 Å². The van der Waals surface area contributed by atoms with Crippen molar-refractivity contribution < 1.29 is 9.47 Å². The van der Waals surface area contributed by atoms with E-state index >= 15 is 0 Å². The van der Waals surface area contributed by atoms with Crippen molar-refractivity contribution in [1.82, 2.24) is 4.98 Å². The van der Waals surface area contributed by atoms with E-state index in [0.29, 0.717) is 16.5 Å². The van der Waals surface area contributed by atoms with Crippen LogP contribution < -0.4 is 14.8 Å². The van der Waals surface area contributed by atoms with E-state index in [4.69, 9.17) is 26.1 Å². The molecule has 1 aromatic heterocycles. The number of rotatable bonds is 6. The molecule has 4 nitrogen and oxygen atoms in total. The van der Waals surface area contributed by atoms with Crippen molar-refractivity contribution in [2.75, 3.05) is 26.1 Å². The van der Waals surface area contributed by atoms with Crippen molar-refractivity contribution in [3.63, 3.8) is 0 Å². The van der Waals surface area contributed by atoms with Gasteiger partial charge in [0.25, 0.3) is 0 Å². The molecule has 0 saturated carbocycles. The summed E-state index contributed by atoms with van der Waals surface area (Å²) in [6.45, 7) is 4.99. The molecule has 0 atom stereocenters. The fraction of sp³-hybridized carbons (Fsp3) is 0.438. The minimum atomic E-state index is 0.555. The molecule has 0 aliphatic heterocycles. The van der Waals surface area contributed by atoms with Gasteiger partial charge in [-0.1, -0.05) is 24.9 Å². The van der Waals surface area contributed by atoms with E-state index in [-0.39, 0.29) is 0 Å². The van der Waals surface area contributed by atoms with Crippen molar-refractivity contribution in [2.45, 2.75) is 26.7 Å². The molecule has 0 bridgehead atoms. The number of ether oxygens (including phenoxy) is 2. The van der Waals surface area contributed by atoms with Gasteiger partial charge in [0.1, 0.15) is 17.0 Å². The summed E-state index contributed by atoms with van der Waals surface area (Å²) in [7, 11) is 3.22. The van der Waals surface area contributed by atoms with E-state index in [2.05, 4.69) is 25.2 Å². The average Bonchev–Trinajstić information content (AvgIpc) is 2.48. The van der Waals surface area contributed by atoms with Gasteiger partial charge in [-0.2, -0.15) is 0 Å². The van der Waals surface area contributed by atoms with Crippen molar-refractivity contribution in [1.29, 1.82) is 0 Å². The average molecular weight is 309 g/mol. The van der Waals surface area contributed by atoms with Gasteiger partial charge in [0.15, 0.2) is 0 Å². The minimum absolute atomic E-state index is 0.555. The zero-order valence-corrected chi connectivity index (χ0v) is 13.7. The lowest BCUT2D eigenvalue weighted by Gasteiger charge is -2.16. The number of benzene rings is 1. The Bertz CT molecular complexity index is 644. The minimum Gasteiger partial charge on any atom is -0.495 e. The molecule has 0 aliphatic rings. The third kappa shape index (κ3) is 3.00. The van der Waals surface area contributed by atoms with Crippen LogP contribution in [0.1, 0.15) is 26.0 Å². The lowest BCUT2D eigenvalue weighted by molar-refractivity contribution is 0.397. The molecule has 114 valence electrons. The van der Waals surface area contributed by atoms with Crippen LogP contribution in [0.2, 0.25) is 5.02 Å². The molecular formula is C16H21ClN2O2. The predicted molar refractivity (Wildman–Crippen MR) is 88.0 cm³/mol. The standard InChI is InChI=1S/C16H21ClN2O2/c1-5-7-10-8-11(18-6-2)14-15(17)12(20-3)9-13(21-4)16(14)19-10/h8-9H,5-7H2,1-4H3,(H,18,19). The first-order chi connectivity index (χ1) is 10.2. The smallest absolute Gasteiger partial charge is 0.148 e. The molecule has 21 heavy (non-hydrogen) atoms. The number of methoxy groups -OCH3 is 2. The van der Waals surface area contributed by atoms with Crippen LogP contribution in [0.3, 0.4) is 0 Å². The Morgan fingerprint density at radius 3 is 2.43 bits per heavy atom. The van der Waals surface area contributed by atoms with E-state index in [0.717, 1.165) is 41.7 Å². The van der Waals surface area contributed by atoms with Crippen LogP contribution >= 0.6 is 11.6 Å². The molecule has 0 spiro atoms. The number of hydrogen-bond donors (Lipinski definition) is 1. The zero-order chi connectivity index (χ0) is 15.4. The molecule has 1 heterocycles. The Labute approximate surface area is 130 Å². The van der Waals surface area contributed by atoms with E-state index in [1.54, 1.807) is 20.3 Å². The van der Waals surface area contributed by atoms with Gasteiger partial charge in [-0.05, 0) is 19.4 Å². The van der Waals surface area contributed by atoms with E-state index in [9.17, 15) is 0 Å². The fourth-order valence-electron chi connectivity index (χ4n) is 2.39. The van der Waals surface area contributed by atoms with E-state index in [1.807, 2.05) is 0 Å². The first kappa shape index (κ1) is 15.7. The highest BCUT2D eigenvalue weighted by Gasteiger charge is 2.17. The molecule has 0 saturated heterocycles. The SMILES string of the molecule is CCCc1cc(NCC)c2c(Cl)c(OC)cc(OC)c2n1. The second-order valence-corrected chi connectivity index (χ2v) is 5.14. The summed E-state index contributed by atoms with van der Waals surface area (Å²) < 4.78 is 10.8. The second kappa shape index (κ2) is 6.85. The molecule has 1 aromatic carbocycles. The van der Waals surface area contributed by atoms with Crippen molar-refractivity contribution >= 4 is 28.2 Å². The maximum atomic E-state index is 6.48. The van der Waals surface area contributed by atoms with E-state index in [1.165, 1.54) is 0 Å². The van der Waals surface area contributed by atoms with Gasteiger partial charge in [0, 0.05) is 29.4 Å². The summed E-state index contributed by atoms with van der Waals surface area (Å²) in [5, 5.41) is 4.75. The Hall–Kier alpha value is -1.68. The van der Waals surface area contributed by atoms with Crippen molar-refractivity contribution in [3.05, 3.63) is 22.8 Å². The molecule has 0 unspecified atom stereocenters. The molecule has 2 aromatic rings. The van der Waals surface area contributed by atoms with Crippen LogP contribution in [0.15, 0.2) is 12.1 Å². The molecule has 0 amide bonds. The van der Waals surface area contributed by atoms with Gasteiger partial charge >= 0.3 is 0 Å². The van der Waals surface area contributed by atoms with Crippen LogP contribution in [-0.2, 0) is 6.42 Å². The Balaban J connectivity index is 2.81. The summed E-state index contributed by atoms with van der Waals surface area (Å²) in [4.78, 5) is 4.71. The number of anilines is 1. The molecule has 0 fully saturated rings. The highest BCUT2D eigenvalue weighted by Crippen LogP contribution is 2.42. The largest absolute Gasteiger partial charge is 0.495 e. The maximum Gasteiger partial charge on any atom is 0.148 e. The molecule has 2 rings (SSSR count). The summed E-state index contributed by atoms with van der Waals surface area (Å²) in [5.41, 5.74) is 2.76. The van der Waals surface area contributed by atoms with Crippen LogP contribution in [0, 0.1) is 0 Å². The summed E-state index contributed by atoms with van der Waals surface area (Å²) in [6.07, 6.45) is 1.96. The number of aromatic nitrogens is 1. The summed E-state index contributed by atoms with van der Waals surface area (Å²) in [6, 6.07) is 3.84. The highest BCUT2D eigenvalue weighted by atomic mass is 35.5. The third-order valence-corrected chi connectivity index (χ3v) is 3.69. The topological polar surface area (TPSA) is 43.4 Å². The first-order valence-corrected chi connectivity index (χ1v) is 7.51. The van der Waals surface area contributed by atoms with Gasteiger partial charge in [-0.3, -0.25) is 0 Å². The quantitative estimate of drug-likeness (QED) is 0.864. The van der Waals surface area contributed by atoms with Crippen LogP contribution in [-0.4, -0.2) is 25.7 Å². The first-order valence-electron chi connectivity index (χ1n) is 7.14. The summed E-state index contributed by atoms with van der Waals surface area (Å²) >= 11 is 6.48. The van der Waals surface area contributed by atoms with Crippen molar-refractivity contribution in [3.8, 4) is 11.5 Å². The molecule has 1 N–H and O–H groups in total. The van der Waals surface area contributed by atoms with Gasteiger partial charge < -0.3 is 14.8 Å². The second-order valence-electron chi connectivity index (χ2n) is 4.76. The lowest BCUT2D eigenvalue weighted by atomic mass is 10.1. The molecular weight excluding hydrogens is 288 g/mol. The number of nitrogens with zero attached hydrogens (tertiary/aromatic N) is 1. The van der Waals surface area contributed by atoms with Gasteiger partial charge in [0.05, 0.1) is 19.2 Å². The Kier molecular flexibility index (Phi) is 5.12. The normalized spacial score (nSPS) is 10.7. The monoisotopic (exact) mass is 308 g/mol. The third-order valence-electron chi connectivity index (χ3n) is 3.32. The van der Waals surface area contributed by atoms with Crippen LogP contribution in [0.4, 0.5) is 5.69 Å². The number of aryl methyl sites for hydroxylation is 1. The molecule has 0 aliphatic carbocycles. The van der Waals surface area contributed by atoms with Gasteiger partial charge in [0.2, 0.25) is 0 Å². The van der Waals surface area contributed by atoms with Crippen LogP contribution in [0.5, 0.6) is 11.5 Å². The number of fused-ring (bicyclic) bond motifs is 1. The highest BCUT2D eigenvalue weighted by molar-refractivity contribution is 6.38. The predicted octanol–water partition coefficient (Wildman–Crippen LogP) is 4.29. The molecule has 0 radical (unpaired) electrons. The fourth-order valence-corrected chi connectivity index (χ4v) is 2.71. The van der Waals surface area contributed by atoms with Crippen molar-refractivity contribution in [2.24, 2.45) is 0 Å². The number of nitrogens with one attached hydrogen (secondary N) is 1. The maximum absolute atomic E-state index is 6.48. The summed E-state index contributed by atoms with van der Waals surface area (Å²) in [5.74, 6) is 1.26. The van der Waals surface area contributed by atoms with Gasteiger partial charge in [-0.25, -0.2) is 4.98 Å². The van der Waals surface area contributed by atoms with Gasteiger partial charge in [-0.15, -0.1) is 0 Å². The Morgan fingerprint density at radius 1 is 1.14 bits per heavy atom.